The standard InChI is InChI=1S/C56H109NO5/c1-3-5-7-9-11-13-15-17-19-21-23-25-27-29-34-38-42-46-50-56(61)62-51-47-43-39-35-31-30-33-37-41-45-49-55(60)57-53(52-58)54(59)48-44-40-36-32-28-26-24-22-20-18-16-14-12-10-8-6-4-2/h44,48,53-54,58-59H,3-43,45-47,49-52H2,1-2H3,(H,57,60)/b48-44+. The second kappa shape index (κ2) is 52.2. The summed E-state index contributed by atoms with van der Waals surface area (Å²) in [6.45, 7) is 4.87. The van der Waals surface area contributed by atoms with Crippen LogP contribution in [0.15, 0.2) is 12.2 Å². The van der Waals surface area contributed by atoms with Gasteiger partial charge in [-0.05, 0) is 32.1 Å². The fraction of sp³-hybridized carbons (Fsp3) is 0.929. The van der Waals surface area contributed by atoms with Gasteiger partial charge < -0.3 is 20.3 Å². The lowest BCUT2D eigenvalue weighted by molar-refractivity contribution is -0.143. The van der Waals surface area contributed by atoms with Crippen molar-refractivity contribution in [2.24, 2.45) is 0 Å². The number of ether oxygens (including phenoxy) is 1. The van der Waals surface area contributed by atoms with Crippen molar-refractivity contribution in [1.29, 1.82) is 0 Å². The number of aliphatic hydroxyl groups is 2. The number of hydrogen-bond donors (Lipinski definition) is 3. The number of aliphatic hydroxyl groups excluding tert-OH is 2. The third-order valence-electron chi connectivity index (χ3n) is 13.1. The number of esters is 1. The zero-order valence-corrected chi connectivity index (χ0v) is 41.9. The molecule has 62 heavy (non-hydrogen) atoms. The molecule has 0 heterocycles. The Hall–Kier alpha value is -1.40. The maximum Gasteiger partial charge on any atom is 0.305 e. The smallest absolute Gasteiger partial charge is 0.305 e. The molecule has 0 saturated heterocycles. The number of unbranched alkanes of at least 4 members (excludes halogenated alkanes) is 41. The molecule has 0 aliphatic heterocycles. The van der Waals surface area contributed by atoms with Crippen LogP contribution in [-0.2, 0) is 14.3 Å². The number of rotatable bonds is 52. The van der Waals surface area contributed by atoms with E-state index in [-0.39, 0.29) is 18.5 Å². The van der Waals surface area contributed by atoms with Crippen LogP contribution in [0.3, 0.4) is 0 Å². The van der Waals surface area contributed by atoms with E-state index >= 15 is 0 Å². The summed E-state index contributed by atoms with van der Waals surface area (Å²) in [6.07, 6.45) is 60.8. The lowest BCUT2D eigenvalue weighted by atomic mass is 10.0. The van der Waals surface area contributed by atoms with Crippen molar-refractivity contribution >= 4 is 11.9 Å². The Balaban J connectivity index is 3.48. The molecule has 0 aliphatic rings. The molecule has 0 aromatic carbocycles. The van der Waals surface area contributed by atoms with Crippen molar-refractivity contribution in [2.75, 3.05) is 13.2 Å². The number of hydrogen-bond acceptors (Lipinski definition) is 5. The van der Waals surface area contributed by atoms with E-state index in [0.29, 0.717) is 19.4 Å². The summed E-state index contributed by atoms with van der Waals surface area (Å²) in [5.41, 5.74) is 0. The second-order valence-electron chi connectivity index (χ2n) is 19.3. The van der Waals surface area contributed by atoms with Gasteiger partial charge in [-0.15, -0.1) is 0 Å². The third-order valence-corrected chi connectivity index (χ3v) is 13.1. The van der Waals surface area contributed by atoms with Crippen LogP contribution in [0.5, 0.6) is 0 Å². The molecule has 3 N–H and O–H groups in total. The minimum Gasteiger partial charge on any atom is -0.466 e. The van der Waals surface area contributed by atoms with E-state index in [1.807, 2.05) is 6.08 Å². The first-order valence-electron chi connectivity index (χ1n) is 28.0. The van der Waals surface area contributed by atoms with Crippen molar-refractivity contribution < 1.29 is 24.5 Å². The van der Waals surface area contributed by atoms with Gasteiger partial charge in [0, 0.05) is 12.8 Å². The van der Waals surface area contributed by atoms with Crippen molar-refractivity contribution in [3.8, 4) is 0 Å². The molecule has 2 atom stereocenters. The molecule has 0 bridgehead atoms. The van der Waals surface area contributed by atoms with E-state index < -0.39 is 12.1 Å². The zero-order valence-electron chi connectivity index (χ0n) is 41.9. The van der Waals surface area contributed by atoms with Gasteiger partial charge in [-0.2, -0.15) is 0 Å². The zero-order chi connectivity index (χ0) is 45.1. The molecule has 368 valence electrons. The maximum atomic E-state index is 12.4. The molecule has 0 rings (SSSR count). The molecular weight excluding hydrogens is 767 g/mol. The number of allylic oxidation sites excluding steroid dienone is 1. The molecule has 0 saturated carbocycles. The molecule has 0 aromatic rings. The van der Waals surface area contributed by atoms with Gasteiger partial charge in [-0.25, -0.2) is 0 Å². The van der Waals surface area contributed by atoms with Gasteiger partial charge in [0.15, 0.2) is 0 Å². The number of carbonyl (C=O) groups excluding carboxylic acids is 2. The van der Waals surface area contributed by atoms with Gasteiger partial charge in [0.2, 0.25) is 5.91 Å². The Morgan fingerprint density at radius 1 is 0.435 bits per heavy atom. The third kappa shape index (κ3) is 48.1. The quantitative estimate of drug-likeness (QED) is 0.0321. The highest BCUT2D eigenvalue weighted by atomic mass is 16.5. The molecule has 0 radical (unpaired) electrons. The molecule has 0 spiro atoms. The van der Waals surface area contributed by atoms with Crippen LogP contribution in [0.1, 0.15) is 309 Å². The van der Waals surface area contributed by atoms with Crippen molar-refractivity contribution in [2.45, 2.75) is 321 Å². The predicted octanol–water partition coefficient (Wildman–Crippen LogP) is 16.9. The first kappa shape index (κ1) is 60.6. The van der Waals surface area contributed by atoms with Gasteiger partial charge >= 0.3 is 5.97 Å². The van der Waals surface area contributed by atoms with E-state index in [0.717, 1.165) is 57.8 Å². The second-order valence-corrected chi connectivity index (χ2v) is 19.3. The summed E-state index contributed by atoms with van der Waals surface area (Å²) < 4.78 is 5.47. The Kier molecular flexibility index (Phi) is 51.0. The van der Waals surface area contributed by atoms with E-state index in [9.17, 15) is 19.8 Å². The summed E-state index contributed by atoms with van der Waals surface area (Å²) in [5, 5.41) is 23.1. The molecule has 1 amide bonds. The van der Waals surface area contributed by atoms with E-state index in [4.69, 9.17) is 4.74 Å². The minimum absolute atomic E-state index is 0.0159. The Morgan fingerprint density at radius 3 is 1.10 bits per heavy atom. The normalized spacial score (nSPS) is 12.6. The molecule has 0 fully saturated rings. The summed E-state index contributed by atoms with van der Waals surface area (Å²) >= 11 is 0. The van der Waals surface area contributed by atoms with E-state index in [1.54, 1.807) is 6.08 Å². The highest BCUT2D eigenvalue weighted by Gasteiger charge is 2.18. The van der Waals surface area contributed by atoms with Crippen molar-refractivity contribution in [3.05, 3.63) is 12.2 Å². The van der Waals surface area contributed by atoms with Crippen molar-refractivity contribution in [3.63, 3.8) is 0 Å². The van der Waals surface area contributed by atoms with E-state index in [1.165, 1.54) is 225 Å². The van der Waals surface area contributed by atoms with Crippen LogP contribution < -0.4 is 5.32 Å². The Bertz CT molecular complexity index is 924. The molecule has 0 aromatic heterocycles. The highest BCUT2D eigenvalue weighted by Crippen LogP contribution is 2.17. The van der Waals surface area contributed by atoms with Crippen LogP contribution in [0.25, 0.3) is 0 Å². The van der Waals surface area contributed by atoms with Gasteiger partial charge in [0.1, 0.15) is 0 Å². The highest BCUT2D eigenvalue weighted by molar-refractivity contribution is 5.76. The molecule has 2 unspecified atom stereocenters. The number of nitrogens with one attached hydrogen (secondary N) is 1. The summed E-state index contributed by atoms with van der Waals surface area (Å²) in [6, 6.07) is -0.643. The Morgan fingerprint density at radius 2 is 0.742 bits per heavy atom. The van der Waals surface area contributed by atoms with Crippen LogP contribution in [0.4, 0.5) is 0 Å². The predicted molar refractivity (Wildman–Crippen MR) is 269 cm³/mol. The maximum absolute atomic E-state index is 12.4. The van der Waals surface area contributed by atoms with Gasteiger partial charge in [-0.1, -0.05) is 276 Å². The minimum atomic E-state index is -0.858. The largest absolute Gasteiger partial charge is 0.466 e. The lowest BCUT2D eigenvalue weighted by Crippen LogP contribution is -2.45. The number of carbonyl (C=O) groups is 2. The van der Waals surface area contributed by atoms with E-state index in [2.05, 4.69) is 19.2 Å². The average molecular weight is 876 g/mol. The summed E-state index contributed by atoms with van der Waals surface area (Å²) in [5.74, 6) is -0.104. The molecule has 6 heteroatoms. The van der Waals surface area contributed by atoms with Gasteiger partial charge in [0.25, 0.3) is 0 Å². The SMILES string of the molecule is CCCCCCCCCCCCCCCCC/C=C/C(O)C(CO)NC(=O)CCCCCCCCCCCCOC(=O)CCCCCCCCCCCCCCCCCCCC. The van der Waals surface area contributed by atoms with Crippen molar-refractivity contribution in [1.82, 2.24) is 5.32 Å². The topological polar surface area (TPSA) is 95.9 Å². The fourth-order valence-corrected chi connectivity index (χ4v) is 8.75. The molecular formula is C56H109NO5. The Labute approximate surface area is 387 Å². The average Bonchev–Trinajstić information content (AvgIpc) is 3.27. The molecule has 6 nitrogen and oxygen atoms in total. The first-order valence-corrected chi connectivity index (χ1v) is 28.0. The van der Waals surface area contributed by atoms with Crippen LogP contribution in [0, 0.1) is 0 Å². The van der Waals surface area contributed by atoms with Crippen LogP contribution in [-0.4, -0.2) is 47.4 Å². The summed E-state index contributed by atoms with van der Waals surface area (Å²) in [7, 11) is 0. The summed E-state index contributed by atoms with van der Waals surface area (Å²) in [4.78, 5) is 24.5. The van der Waals surface area contributed by atoms with Gasteiger partial charge in [0.05, 0.1) is 25.4 Å². The first-order chi connectivity index (χ1) is 30.5. The lowest BCUT2D eigenvalue weighted by Gasteiger charge is -2.20. The van der Waals surface area contributed by atoms with Crippen LogP contribution >= 0.6 is 0 Å². The molecule has 0 aliphatic carbocycles. The fourth-order valence-electron chi connectivity index (χ4n) is 8.75. The van der Waals surface area contributed by atoms with Gasteiger partial charge in [-0.3, -0.25) is 9.59 Å². The number of amides is 1. The van der Waals surface area contributed by atoms with Crippen LogP contribution in [0.2, 0.25) is 0 Å². The monoisotopic (exact) mass is 876 g/mol.